The molecule has 0 aliphatic carbocycles. The molecule has 0 fully saturated rings. The molecule has 0 spiro atoms. The van der Waals surface area contributed by atoms with E-state index in [1.165, 1.54) is 0 Å². The Bertz CT molecular complexity index is 22.4. The van der Waals surface area contributed by atoms with Crippen molar-refractivity contribution in [2.24, 2.45) is 0 Å². The predicted molar refractivity (Wildman–Crippen MR) is 26.1 cm³/mol. The van der Waals surface area contributed by atoms with Gasteiger partial charge in [-0.1, -0.05) is 0 Å². The second-order valence-corrected chi connectivity index (χ2v) is 1.80. The minimum atomic E-state index is -4.61. The van der Waals surface area contributed by atoms with Gasteiger partial charge >= 0.3 is 9.05 Å². The zero-order valence-corrected chi connectivity index (χ0v) is 6.29. The molecule has 0 saturated heterocycles. The van der Waals surface area contributed by atoms with Gasteiger partial charge in [-0.15, -0.1) is 0 Å². The Morgan fingerprint density at radius 1 is 0.714 bits per heavy atom. The molecule has 0 saturated carbocycles. The van der Waals surface area contributed by atoms with Gasteiger partial charge in [-0.05, 0) is 0 Å². The summed E-state index contributed by atoms with van der Waals surface area (Å²) >= 11 is 0. The van der Waals surface area contributed by atoms with Crippen LogP contribution in [0.15, 0.2) is 0 Å². The third-order valence-electron chi connectivity index (χ3n) is 0. The summed E-state index contributed by atoms with van der Waals surface area (Å²) in [7, 11) is -4.61. The minimum Gasteiger partial charge on any atom is -0.368 e. The van der Waals surface area contributed by atoms with Gasteiger partial charge in [0.2, 0.25) is 0 Å². The van der Waals surface area contributed by atoms with Crippen LogP contribution in [0.25, 0.3) is 0 Å². The van der Waals surface area contributed by atoms with E-state index < -0.39 is 9.05 Å². The molecule has 0 amide bonds. The zero-order chi connectivity index (χ0) is 4.50. The molecule has 0 rings (SSSR count). The second kappa shape index (κ2) is 4.64. The van der Waals surface area contributed by atoms with E-state index in [4.69, 9.17) is 19.2 Å². The van der Waals surface area contributed by atoms with Crippen LogP contribution in [-0.4, -0.2) is 50.2 Å². The van der Waals surface area contributed by atoms with Crippen molar-refractivity contribution in [2.45, 2.75) is 0 Å². The molecule has 0 heterocycles. The molecule has 0 aromatic carbocycles. The molecule has 0 aliphatic heterocycles. The van der Waals surface area contributed by atoms with Crippen LogP contribution in [0.1, 0.15) is 0 Å². The first kappa shape index (κ1) is 15.6. The Hall–Kier alpha value is 0.491. The van der Waals surface area contributed by atoms with Crippen molar-refractivity contribution in [3.8, 4) is 0 Å². The van der Waals surface area contributed by atoms with Crippen molar-refractivity contribution in [3.05, 3.63) is 0 Å². The van der Waals surface area contributed by atoms with Crippen molar-refractivity contribution in [3.63, 3.8) is 0 Å². The number of rotatable bonds is 0. The van der Waals surface area contributed by atoms with Crippen LogP contribution in [0.4, 0.5) is 0 Å². The lowest BCUT2D eigenvalue weighted by molar-refractivity contribution is 0.117. The zero-order valence-electron chi connectivity index (χ0n) is 3.29. The van der Waals surface area contributed by atoms with Gasteiger partial charge in [0.1, 0.15) is 0 Å². The van der Waals surface area contributed by atoms with Crippen molar-refractivity contribution >= 4 is 31.0 Å². The topological polar surface area (TPSA) is 80.9 Å². The van der Waals surface area contributed by atoms with Crippen LogP contribution in [0.3, 0.4) is 0 Å². The molecular formula is H4O4Si3. The first-order valence-corrected chi connectivity index (χ1v) is 2.68. The maximum Gasteiger partial charge on any atom is 0.668 e. The molecule has 0 aliphatic rings. The average molecular weight is 152 g/mol. The Morgan fingerprint density at radius 3 is 0.714 bits per heavy atom. The van der Waals surface area contributed by atoms with Crippen molar-refractivity contribution in [2.75, 3.05) is 0 Å². The predicted octanol–water partition coefficient (Wildman–Crippen LogP) is -3.37. The first-order valence-electron chi connectivity index (χ1n) is 0.894. The lowest BCUT2D eigenvalue weighted by Gasteiger charge is -1.91. The van der Waals surface area contributed by atoms with Gasteiger partial charge in [0.25, 0.3) is 0 Å². The van der Waals surface area contributed by atoms with Gasteiger partial charge in [-0.2, -0.15) is 0 Å². The summed E-state index contributed by atoms with van der Waals surface area (Å²) in [5.74, 6) is 0. The fourth-order valence-corrected chi connectivity index (χ4v) is 0. The fourth-order valence-electron chi connectivity index (χ4n) is 0. The van der Waals surface area contributed by atoms with Gasteiger partial charge in [0.15, 0.2) is 0 Å². The van der Waals surface area contributed by atoms with E-state index in [9.17, 15) is 0 Å². The Morgan fingerprint density at radius 2 is 0.714 bits per heavy atom. The number of hydrogen-bond acceptors (Lipinski definition) is 4. The van der Waals surface area contributed by atoms with E-state index in [0.29, 0.717) is 0 Å². The molecular weight excluding hydrogens is 148 g/mol. The summed E-state index contributed by atoms with van der Waals surface area (Å²) in [6.45, 7) is 0. The van der Waals surface area contributed by atoms with Crippen LogP contribution >= 0.6 is 0 Å². The molecule has 0 aromatic heterocycles. The second-order valence-electron chi connectivity index (χ2n) is 0.600. The van der Waals surface area contributed by atoms with Gasteiger partial charge in [0, 0.05) is 21.9 Å². The largest absolute Gasteiger partial charge is 0.668 e. The monoisotopic (exact) mass is 152 g/mol. The van der Waals surface area contributed by atoms with Gasteiger partial charge in [-0.3, -0.25) is 0 Å². The van der Waals surface area contributed by atoms with Crippen LogP contribution < -0.4 is 0 Å². The quantitative estimate of drug-likeness (QED) is 0.273. The normalized spacial score (nSPS) is 8.57. The molecule has 4 nitrogen and oxygen atoms in total. The molecule has 0 bridgehead atoms. The van der Waals surface area contributed by atoms with E-state index in [1.807, 2.05) is 0 Å². The van der Waals surface area contributed by atoms with Gasteiger partial charge < -0.3 is 19.2 Å². The van der Waals surface area contributed by atoms with E-state index in [2.05, 4.69) is 0 Å². The van der Waals surface area contributed by atoms with Gasteiger partial charge in [-0.25, -0.2) is 0 Å². The smallest absolute Gasteiger partial charge is 0.368 e. The maximum absolute atomic E-state index is 7.33. The van der Waals surface area contributed by atoms with E-state index >= 15 is 0 Å². The minimum absolute atomic E-state index is 0. The van der Waals surface area contributed by atoms with Crippen LogP contribution in [0.5, 0.6) is 0 Å². The summed E-state index contributed by atoms with van der Waals surface area (Å²) in [5.41, 5.74) is 0. The molecule has 0 unspecified atom stereocenters. The summed E-state index contributed by atoms with van der Waals surface area (Å²) in [6, 6.07) is 0. The van der Waals surface area contributed by atoms with Crippen molar-refractivity contribution < 1.29 is 19.2 Å². The maximum atomic E-state index is 7.33. The van der Waals surface area contributed by atoms with Crippen LogP contribution in [0, 0.1) is 0 Å². The molecule has 7 heavy (non-hydrogen) atoms. The third-order valence-corrected chi connectivity index (χ3v) is 0. The molecule has 4 N–H and O–H groups in total. The summed E-state index contributed by atoms with van der Waals surface area (Å²) in [5, 5.41) is 0. The van der Waals surface area contributed by atoms with Crippen molar-refractivity contribution in [1.29, 1.82) is 0 Å². The Kier molecular flexibility index (Phi) is 10.4. The highest BCUT2D eigenvalue weighted by Gasteiger charge is 2.22. The van der Waals surface area contributed by atoms with E-state index in [0.717, 1.165) is 0 Å². The lowest BCUT2D eigenvalue weighted by atomic mass is 15.7. The Labute approximate surface area is 51.0 Å². The molecule has 7 heteroatoms. The molecule has 0 atom stereocenters. The lowest BCUT2D eigenvalue weighted by Crippen LogP contribution is -2.33. The van der Waals surface area contributed by atoms with Crippen LogP contribution in [0.2, 0.25) is 0 Å². The van der Waals surface area contributed by atoms with E-state index in [1.54, 1.807) is 0 Å². The SMILES string of the molecule is O[Si](O)(O)O.[Si].[Si]. The third kappa shape index (κ3) is 544. The highest BCUT2D eigenvalue weighted by atomic mass is 28.4. The number of hydrogen-bond donors (Lipinski definition) is 4. The molecule has 40 valence electrons. The molecule has 0 aromatic rings. The first-order chi connectivity index (χ1) is 2.00. The molecule has 8 radical (unpaired) electrons. The Balaban J connectivity index is -0.0000000800. The highest BCUT2D eigenvalue weighted by Crippen LogP contribution is 1.67. The van der Waals surface area contributed by atoms with Crippen molar-refractivity contribution in [1.82, 2.24) is 0 Å². The average Bonchev–Trinajstić information content (AvgIpc) is 0.722. The fraction of sp³-hybridized carbons (Fsp3) is 0. The summed E-state index contributed by atoms with van der Waals surface area (Å²) in [4.78, 5) is 29.3. The van der Waals surface area contributed by atoms with Crippen LogP contribution in [-0.2, 0) is 0 Å². The standard InChI is InChI=1S/H4O4Si.2Si/c1-5(2,3)4;;/h1-4H;;. The highest BCUT2D eigenvalue weighted by molar-refractivity contribution is 6.46. The summed E-state index contributed by atoms with van der Waals surface area (Å²) < 4.78 is 0. The van der Waals surface area contributed by atoms with Gasteiger partial charge in [0.05, 0.1) is 0 Å². The summed E-state index contributed by atoms with van der Waals surface area (Å²) in [6.07, 6.45) is 0. The van der Waals surface area contributed by atoms with E-state index in [-0.39, 0.29) is 21.9 Å².